The van der Waals surface area contributed by atoms with Crippen molar-refractivity contribution in [2.24, 2.45) is 0 Å². The Labute approximate surface area is 142 Å². The first kappa shape index (κ1) is 16.5. The molecule has 0 saturated heterocycles. The Bertz CT molecular complexity index is 895. The van der Waals surface area contributed by atoms with Gasteiger partial charge in [-0.1, -0.05) is 32.9 Å². The summed E-state index contributed by atoms with van der Waals surface area (Å²) >= 11 is 0. The highest BCUT2D eigenvalue weighted by Crippen LogP contribution is 2.28. The number of anilines is 2. The van der Waals surface area contributed by atoms with Gasteiger partial charge >= 0.3 is 0 Å². The molecule has 1 aliphatic rings. The van der Waals surface area contributed by atoms with Crippen LogP contribution in [-0.2, 0) is 26.7 Å². The van der Waals surface area contributed by atoms with E-state index >= 15 is 0 Å². The predicted molar refractivity (Wildman–Crippen MR) is 94.7 cm³/mol. The Kier molecular flexibility index (Phi) is 3.87. The molecule has 1 heterocycles. The van der Waals surface area contributed by atoms with Crippen LogP contribution in [-0.4, -0.2) is 14.3 Å². The van der Waals surface area contributed by atoms with Crippen molar-refractivity contribution in [2.45, 2.75) is 37.5 Å². The number of benzene rings is 2. The minimum atomic E-state index is -3.66. The molecule has 0 bridgehead atoms. The van der Waals surface area contributed by atoms with Crippen molar-refractivity contribution in [2.75, 3.05) is 10.0 Å². The first-order valence-corrected chi connectivity index (χ1v) is 9.20. The molecular weight excluding hydrogens is 324 g/mol. The molecule has 1 aliphatic heterocycles. The lowest BCUT2D eigenvalue weighted by Gasteiger charge is -2.19. The minimum Gasteiger partial charge on any atom is -0.326 e. The molecule has 2 aromatic carbocycles. The van der Waals surface area contributed by atoms with Gasteiger partial charge in [-0.3, -0.25) is 9.52 Å². The van der Waals surface area contributed by atoms with Crippen LogP contribution in [0.5, 0.6) is 0 Å². The molecule has 2 N–H and O–H groups in total. The second-order valence-electron chi connectivity index (χ2n) is 6.98. The lowest BCUT2D eigenvalue weighted by atomic mass is 9.87. The minimum absolute atomic E-state index is 0.0325. The molecule has 0 atom stereocenters. The van der Waals surface area contributed by atoms with Gasteiger partial charge in [0.15, 0.2) is 0 Å². The first-order chi connectivity index (χ1) is 11.1. The Morgan fingerprint density at radius 1 is 1.04 bits per heavy atom. The Morgan fingerprint density at radius 2 is 1.71 bits per heavy atom. The van der Waals surface area contributed by atoms with Crippen LogP contribution in [0.2, 0.25) is 0 Å². The second-order valence-corrected chi connectivity index (χ2v) is 8.66. The number of fused-ring (bicyclic) bond motifs is 1. The number of carbonyl (C=O) groups excluding carboxylic acids is 1. The van der Waals surface area contributed by atoms with Crippen molar-refractivity contribution in [3.63, 3.8) is 0 Å². The quantitative estimate of drug-likeness (QED) is 0.897. The van der Waals surface area contributed by atoms with Gasteiger partial charge in [0.05, 0.1) is 11.3 Å². The van der Waals surface area contributed by atoms with Crippen LogP contribution < -0.4 is 10.0 Å². The van der Waals surface area contributed by atoms with E-state index in [2.05, 4.69) is 30.8 Å². The van der Waals surface area contributed by atoms with Gasteiger partial charge in [0.1, 0.15) is 0 Å². The Hall–Kier alpha value is -2.34. The third kappa shape index (κ3) is 3.28. The second kappa shape index (κ2) is 5.63. The smallest absolute Gasteiger partial charge is 0.261 e. The van der Waals surface area contributed by atoms with E-state index in [0.717, 1.165) is 16.8 Å². The van der Waals surface area contributed by atoms with Crippen LogP contribution in [0.3, 0.4) is 0 Å². The van der Waals surface area contributed by atoms with E-state index in [0.29, 0.717) is 5.69 Å². The standard InChI is InChI=1S/C18H20N2O3S/c1-18(2,3)13-4-7-15(8-5-13)24(22,23)20-14-6-9-16-12(10-14)11-17(21)19-16/h4-10,20H,11H2,1-3H3,(H,19,21). The van der Waals surface area contributed by atoms with E-state index in [1.54, 1.807) is 30.3 Å². The fourth-order valence-corrected chi connectivity index (χ4v) is 3.69. The number of carbonyl (C=O) groups is 1. The number of hydrogen-bond donors (Lipinski definition) is 2. The lowest BCUT2D eigenvalue weighted by Crippen LogP contribution is -2.15. The normalized spacial score (nSPS) is 14.2. The monoisotopic (exact) mass is 344 g/mol. The zero-order valence-electron chi connectivity index (χ0n) is 13.9. The summed E-state index contributed by atoms with van der Waals surface area (Å²) in [5, 5.41) is 2.72. The molecule has 2 aromatic rings. The molecule has 0 aromatic heterocycles. The van der Waals surface area contributed by atoms with Gasteiger partial charge in [0, 0.05) is 11.4 Å². The number of nitrogens with one attached hydrogen (secondary N) is 2. The van der Waals surface area contributed by atoms with Crippen molar-refractivity contribution in [1.29, 1.82) is 0 Å². The van der Waals surface area contributed by atoms with Gasteiger partial charge in [0.25, 0.3) is 10.0 Å². The highest BCUT2D eigenvalue weighted by molar-refractivity contribution is 7.92. The Balaban J connectivity index is 1.84. The number of sulfonamides is 1. The molecule has 3 rings (SSSR count). The van der Waals surface area contributed by atoms with Crippen molar-refractivity contribution in [1.82, 2.24) is 0 Å². The summed E-state index contributed by atoms with van der Waals surface area (Å²) in [4.78, 5) is 11.6. The highest BCUT2D eigenvalue weighted by atomic mass is 32.2. The molecule has 0 fully saturated rings. The molecule has 0 unspecified atom stereocenters. The van der Waals surface area contributed by atoms with E-state index in [1.807, 2.05) is 12.1 Å². The predicted octanol–water partition coefficient (Wildman–Crippen LogP) is 3.28. The highest BCUT2D eigenvalue weighted by Gasteiger charge is 2.20. The van der Waals surface area contributed by atoms with E-state index in [4.69, 9.17) is 0 Å². The topological polar surface area (TPSA) is 75.3 Å². The zero-order valence-corrected chi connectivity index (χ0v) is 14.7. The zero-order chi connectivity index (χ0) is 17.5. The summed E-state index contributed by atoms with van der Waals surface area (Å²) in [6, 6.07) is 11.9. The van der Waals surface area contributed by atoms with Crippen LogP contribution in [0.15, 0.2) is 47.4 Å². The molecule has 6 heteroatoms. The summed E-state index contributed by atoms with van der Waals surface area (Å²) < 4.78 is 27.6. The maximum atomic E-state index is 12.5. The molecule has 0 spiro atoms. The third-order valence-electron chi connectivity index (χ3n) is 4.01. The maximum Gasteiger partial charge on any atom is 0.261 e. The maximum absolute atomic E-state index is 12.5. The van der Waals surface area contributed by atoms with E-state index < -0.39 is 10.0 Å². The van der Waals surface area contributed by atoms with Gasteiger partial charge < -0.3 is 5.32 Å². The summed E-state index contributed by atoms with van der Waals surface area (Å²) in [5.41, 5.74) is 3.02. The average molecular weight is 344 g/mol. The van der Waals surface area contributed by atoms with Gasteiger partial charge in [-0.25, -0.2) is 8.42 Å². The molecular formula is C18H20N2O3S. The lowest BCUT2D eigenvalue weighted by molar-refractivity contribution is -0.115. The molecule has 24 heavy (non-hydrogen) atoms. The largest absolute Gasteiger partial charge is 0.326 e. The molecule has 1 amide bonds. The van der Waals surface area contributed by atoms with Gasteiger partial charge in [0.2, 0.25) is 5.91 Å². The number of amides is 1. The third-order valence-corrected chi connectivity index (χ3v) is 5.41. The number of rotatable bonds is 3. The van der Waals surface area contributed by atoms with Crippen molar-refractivity contribution >= 4 is 27.3 Å². The van der Waals surface area contributed by atoms with E-state index in [9.17, 15) is 13.2 Å². The summed E-state index contributed by atoms with van der Waals surface area (Å²) in [6.07, 6.45) is 0.269. The SMILES string of the molecule is CC(C)(C)c1ccc(S(=O)(=O)Nc2ccc3c(c2)CC(=O)N3)cc1. The van der Waals surface area contributed by atoms with Crippen LogP contribution in [0.25, 0.3) is 0 Å². The van der Waals surface area contributed by atoms with Crippen molar-refractivity contribution in [3.8, 4) is 0 Å². The van der Waals surface area contributed by atoms with Crippen molar-refractivity contribution < 1.29 is 13.2 Å². The molecule has 5 nitrogen and oxygen atoms in total. The van der Waals surface area contributed by atoms with Crippen molar-refractivity contribution in [3.05, 3.63) is 53.6 Å². The average Bonchev–Trinajstić information content (AvgIpc) is 2.85. The van der Waals surface area contributed by atoms with Crippen LogP contribution >= 0.6 is 0 Å². The number of hydrogen-bond acceptors (Lipinski definition) is 3. The summed E-state index contributed by atoms with van der Waals surface area (Å²) in [5.74, 6) is -0.0808. The van der Waals surface area contributed by atoms with Gasteiger partial charge in [-0.15, -0.1) is 0 Å². The first-order valence-electron chi connectivity index (χ1n) is 7.71. The fraction of sp³-hybridized carbons (Fsp3) is 0.278. The molecule has 0 aliphatic carbocycles. The molecule has 0 radical (unpaired) electrons. The van der Waals surface area contributed by atoms with E-state index in [1.165, 1.54) is 0 Å². The van der Waals surface area contributed by atoms with Crippen LogP contribution in [0.1, 0.15) is 31.9 Å². The van der Waals surface area contributed by atoms with Crippen LogP contribution in [0, 0.1) is 0 Å². The fourth-order valence-electron chi connectivity index (χ4n) is 2.64. The van der Waals surface area contributed by atoms with Crippen LogP contribution in [0.4, 0.5) is 11.4 Å². The summed E-state index contributed by atoms with van der Waals surface area (Å²) in [6.45, 7) is 6.23. The molecule has 126 valence electrons. The van der Waals surface area contributed by atoms with Gasteiger partial charge in [-0.05, 0) is 46.9 Å². The molecule has 0 saturated carbocycles. The van der Waals surface area contributed by atoms with Gasteiger partial charge in [-0.2, -0.15) is 0 Å². The summed E-state index contributed by atoms with van der Waals surface area (Å²) in [7, 11) is -3.66. The van der Waals surface area contributed by atoms with E-state index in [-0.39, 0.29) is 22.6 Å². The Morgan fingerprint density at radius 3 is 2.33 bits per heavy atom.